The van der Waals surface area contributed by atoms with Crippen molar-refractivity contribution in [3.63, 3.8) is 0 Å². The van der Waals surface area contributed by atoms with E-state index >= 15 is 0 Å². The average Bonchev–Trinajstić information content (AvgIpc) is 3.40. The number of amides is 2. The molecule has 1 aromatic carbocycles. The maximum atomic E-state index is 12.7. The van der Waals surface area contributed by atoms with Crippen molar-refractivity contribution < 1.29 is 9.59 Å². The fraction of sp³-hybridized carbons (Fsp3) is 0.435. The maximum Gasteiger partial charge on any atom is 0.273 e. The van der Waals surface area contributed by atoms with Crippen molar-refractivity contribution in [1.29, 1.82) is 0 Å². The zero-order chi connectivity index (χ0) is 22.0. The standard InChI is InChI=1S/C23H28ClN5O2/c1-16(2)27-10-9-17(14-27)7-8-22(30)28-11-12-29-20(13-25-21(29)15-28)23(31)26-19-6-4-3-5-18(19)24/h3-8,13,16-17H,9-12,14-15H2,1-2H3,(H,26,31)/b8-7+/t17-/m1/s1. The van der Waals surface area contributed by atoms with Crippen LogP contribution in [0, 0.1) is 5.92 Å². The summed E-state index contributed by atoms with van der Waals surface area (Å²) in [4.78, 5) is 34.0. The number of anilines is 1. The minimum absolute atomic E-state index is 0.000633. The highest BCUT2D eigenvalue weighted by molar-refractivity contribution is 6.33. The fourth-order valence-electron chi connectivity index (χ4n) is 4.14. The van der Waals surface area contributed by atoms with Crippen LogP contribution in [0.25, 0.3) is 0 Å². The van der Waals surface area contributed by atoms with Crippen LogP contribution in [-0.4, -0.2) is 56.8 Å². The van der Waals surface area contributed by atoms with Gasteiger partial charge in [0.2, 0.25) is 5.91 Å². The van der Waals surface area contributed by atoms with Crippen molar-refractivity contribution in [2.75, 3.05) is 25.0 Å². The van der Waals surface area contributed by atoms with Crippen LogP contribution in [0.1, 0.15) is 36.6 Å². The summed E-state index contributed by atoms with van der Waals surface area (Å²) in [7, 11) is 0. The van der Waals surface area contributed by atoms with E-state index in [1.807, 2.05) is 22.8 Å². The lowest BCUT2D eigenvalue weighted by Crippen LogP contribution is -2.38. The molecule has 2 amide bonds. The number of carbonyl (C=O) groups excluding carboxylic acids is 2. The molecule has 1 N–H and O–H groups in total. The Labute approximate surface area is 187 Å². The van der Waals surface area contributed by atoms with E-state index in [-0.39, 0.29) is 11.8 Å². The molecule has 2 aliphatic rings. The van der Waals surface area contributed by atoms with Crippen LogP contribution in [0.3, 0.4) is 0 Å². The van der Waals surface area contributed by atoms with E-state index in [2.05, 4.69) is 29.0 Å². The van der Waals surface area contributed by atoms with E-state index in [0.717, 1.165) is 19.5 Å². The summed E-state index contributed by atoms with van der Waals surface area (Å²) in [6.07, 6.45) is 6.41. The van der Waals surface area contributed by atoms with Gasteiger partial charge in [0.05, 0.1) is 23.5 Å². The van der Waals surface area contributed by atoms with E-state index in [4.69, 9.17) is 11.6 Å². The van der Waals surface area contributed by atoms with Crippen LogP contribution in [0.2, 0.25) is 5.02 Å². The van der Waals surface area contributed by atoms with Gasteiger partial charge in [-0.3, -0.25) is 9.59 Å². The van der Waals surface area contributed by atoms with Gasteiger partial charge in [-0.25, -0.2) is 4.98 Å². The highest BCUT2D eigenvalue weighted by Gasteiger charge is 2.26. The molecule has 0 radical (unpaired) electrons. The molecule has 0 saturated carbocycles. The number of benzene rings is 1. The Balaban J connectivity index is 1.37. The first-order valence-corrected chi connectivity index (χ1v) is 11.1. The normalized spacial score (nSPS) is 19.2. The first-order valence-electron chi connectivity index (χ1n) is 10.7. The molecular formula is C23H28ClN5O2. The molecule has 7 nitrogen and oxygen atoms in total. The van der Waals surface area contributed by atoms with Crippen LogP contribution in [0.15, 0.2) is 42.6 Å². The van der Waals surface area contributed by atoms with Crippen LogP contribution >= 0.6 is 11.6 Å². The Morgan fingerprint density at radius 3 is 2.77 bits per heavy atom. The van der Waals surface area contributed by atoms with Gasteiger partial charge < -0.3 is 19.7 Å². The third-order valence-corrected chi connectivity index (χ3v) is 6.36. The monoisotopic (exact) mass is 441 g/mol. The Morgan fingerprint density at radius 2 is 2.03 bits per heavy atom. The zero-order valence-corrected chi connectivity index (χ0v) is 18.7. The average molecular weight is 442 g/mol. The van der Waals surface area contributed by atoms with Gasteiger partial charge >= 0.3 is 0 Å². The fourth-order valence-corrected chi connectivity index (χ4v) is 4.33. The SMILES string of the molecule is CC(C)N1CC[C@@H](/C=C/C(=O)N2CCn3c(C(=O)Nc4ccccc4Cl)cnc3C2)C1. The van der Waals surface area contributed by atoms with E-state index < -0.39 is 0 Å². The molecule has 0 bridgehead atoms. The smallest absolute Gasteiger partial charge is 0.273 e. The number of aromatic nitrogens is 2. The molecule has 2 aromatic rings. The van der Waals surface area contributed by atoms with Crippen molar-refractivity contribution in [3.05, 3.63) is 59.2 Å². The third-order valence-electron chi connectivity index (χ3n) is 6.03. The van der Waals surface area contributed by atoms with Crippen LogP contribution in [0.5, 0.6) is 0 Å². The molecule has 0 spiro atoms. The molecule has 1 fully saturated rings. The molecule has 3 heterocycles. The Kier molecular flexibility index (Phi) is 6.43. The van der Waals surface area contributed by atoms with Gasteiger partial charge in [0.25, 0.3) is 5.91 Å². The summed E-state index contributed by atoms with van der Waals surface area (Å²) in [6, 6.07) is 7.65. The molecule has 0 unspecified atom stereocenters. The maximum absolute atomic E-state index is 12.7. The van der Waals surface area contributed by atoms with Gasteiger partial charge in [-0.05, 0) is 50.9 Å². The number of likely N-dealkylation sites (tertiary alicyclic amines) is 1. The second-order valence-electron chi connectivity index (χ2n) is 8.40. The molecule has 164 valence electrons. The number of hydrogen-bond donors (Lipinski definition) is 1. The second-order valence-corrected chi connectivity index (χ2v) is 8.81. The molecule has 0 aliphatic carbocycles. The summed E-state index contributed by atoms with van der Waals surface area (Å²) in [5.41, 5.74) is 1.03. The molecule has 1 aromatic heterocycles. The van der Waals surface area contributed by atoms with Gasteiger partial charge in [-0.1, -0.05) is 29.8 Å². The van der Waals surface area contributed by atoms with E-state index in [0.29, 0.717) is 53.8 Å². The van der Waals surface area contributed by atoms with Crippen LogP contribution in [-0.2, 0) is 17.9 Å². The quantitative estimate of drug-likeness (QED) is 0.722. The molecule has 1 saturated heterocycles. The van der Waals surface area contributed by atoms with Crippen molar-refractivity contribution in [2.45, 2.75) is 39.4 Å². The van der Waals surface area contributed by atoms with E-state index in [1.165, 1.54) is 0 Å². The lowest BCUT2D eigenvalue weighted by Gasteiger charge is -2.27. The Bertz CT molecular complexity index is 1000. The molecule has 4 rings (SSSR count). The predicted octanol–water partition coefficient (Wildman–Crippen LogP) is 3.42. The first kappa shape index (κ1) is 21.6. The van der Waals surface area contributed by atoms with Gasteiger partial charge in [0, 0.05) is 25.7 Å². The number of rotatable bonds is 5. The van der Waals surface area contributed by atoms with E-state index in [1.54, 1.807) is 29.3 Å². The third kappa shape index (κ3) is 4.83. The minimum Gasteiger partial charge on any atom is -0.330 e. The highest BCUT2D eigenvalue weighted by Crippen LogP contribution is 2.23. The van der Waals surface area contributed by atoms with Gasteiger partial charge in [0.15, 0.2) is 0 Å². The lowest BCUT2D eigenvalue weighted by molar-refractivity contribution is -0.127. The van der Waals surface area contributed by atoms with Crippen molar-refractivity contribution in [3.8, 4) is 0 Å². The first-order chi connectivity index (χ1) is 14.9. The Morgan fingerprint density at radius 1 is 1.23 bits per heavy atom. The summed E-state index contributed by atoms with van der Waals surface area (Å²) >= 11 is 6.14. The summed E-state index contributed by atoms with van der Waals surface area (Å²) < 4.78 is 1.87. The molecule has 8 heteroatoms. The lowest BCUT2D eigenvalue weighted by atomic mass is 10.1. The van der Waals surface area contributed by atoms with Crippen LogP contribution in [0.4, 0.5) is 5.69 Å². The largest absolute Gasteiger partial charge is 0.330 e. The summed E-state index contributed by atoms with van der Waals surface area (Å²) in [5, 5.41) is 3.32. The molecule has 31 heavy (non-hydrogen) atoms. The summed E-state index contributed by atoms with van der Waals surface area (Å²) in [5.74, 6) is 0.879. The molecule has 1 atom stereocenters. The minimum atomic E-state index is -0.262. The molecule has 2 aliphatic heterocycles. The number of hydrogen-bond acceptors (Lipinski definition) is 4. The van der Waals surface area contributed by atoms with Gasteiger partial charge in [-0.2, -0.15) is 0 Å². The van der Waals surface area contributed by atoms with Gasteiger partial charge in [-0.15, -0.1) is 0 Å². The number of carbonyl (C=O) groups is 2. The Hall–Kier alpha value is -2.64. The molecular weight excluding hydrogens is 414 g/mol. The second kappa shape index (κ2) is 9.24. The van der Waals surface area contributed by atoms with Gasteiger partial charge in [0.1, 0.15) is 11.5 Å². The number of para-hydroxylation sites is 1. The number of halogens is 1. The van der Waals surface area contributed by atoms with Crippen molar-refractivity contribution in [1.82, 2.24) is 19.4 Å². The number of fused-ring (bicyclic) bond motifs is 1. The van der Waals surface area contributed by atoms with Crippen molar-refractivity contribution >= 4 is 29.1 Å². The number of imidazole rings is 1. The summed E-state index contributed by atoms with van der Waals surface area (Å²) in [6.45, 7) is 7.97. The zero-order valence-electron chi connectivity index (χ0n) is 17.9. The predicted molar refractivity (Wildman–Crippen MR) is 121 cm³/mol. The number of nitrogens with zero attached hydrogens (tertiary/aromatic N) is 4. The highest BCUT2D eigenvalue weighted by atomic mass is 35.5. The van der Waals surface area contributed by atoms with E-state index in [9.17, 15) is 9.59 Å². The van der Waals surface area contributed by atoms with Crippen LogP contribution < -0.4 is 5.32 Å². The van der Waals surface area contributed by atoms with Crippen molar-refractivity contribution in [2.24, 2.45) is 5.92 Å². The number of nitrogens with one attached hydrogen (secondary N) is 1. The topological polar surface area (TPSA) is 70.5 Å².